The molecule has 2 aromatic rings. The first kappa shape index (κ1) is 17.5. The summed E-state index contributed by atoms with van der Waals surface area (Å²) in [5.41, 5.74) is 4.10. The normalized spacial score (nSPS) is 18.8. The van der Waals surface area contributed by atoms with Crippen molar-refractivity contribution in [2.24, 2.45) is 0 Å². The number of fused-ring (bicyclic) bond motifs is 1. The Labute approximate surface area is 156 Å². The third-order valence-electron chi connectivity index (χ3n) is 5.37. The molecule has 0 spiro atoms. The highest BCUT2D eigenvalue weighted by Gasteiger charge is 2.19. The highest BCUT2D eigenvalue weighted by Crippen LogP contribution is 2.20. The maximum atomic E-state index is 10.4. The van der Waals surface area contributed by atoms with E-state index in [1.54, 1.807) is 0 Å². The molecule has 0 bridgehead atoms. The monoisotopic (exact) mass is 352 g/mol. The molecule has 4 nitrogen and oxygen atoms in total. The number of ether oxygens (including phenoxy) is 1. The molecule has 1 saturated heterocycles. The average Bonchev–Trinajstić information content (AvgIpc) is 2.63. The summed E-state index contributed by atoms with van der Waals surface area (Å²) in [5, 5.41) is 10.4. The highest BCUT2D eigenvalue weighted by atomic mass is 16.5. The van der Waals surface area contributed by atoms with Gasteiger partial charge in [-0.1, -0.05) is 36.4 Å². The second-order valence-electron chi connectivity index (χ2n) is 7.50. The van der Waals surface area contributed by atoms with Gasteiger partial charge in [-0.05, 0) is 54.8 Å². The maximum absolute atomic E-state index is 10.4. The van der Waals surface area contributed by atoms with E-state index in [2.05, 4.69) is 46.2 Å². The predicted molar refractivity (Wildman–Crippen MR) is 103 cm³/mol. The third-order valence-corrected chi connectivity index (χ3v) is 5.37. The zero-order chi connectivity index (χ0) is 17.8. The van der Waals surface area contributed by atoms with E-state index in [4.69, 9.17) is 4.74 Å². The standard InChI is InChI=1S/C22H28N2O2/c25-21(16-24-12-9-19-6-1-2-7-20(19)15-24)17-26-22-8-3-5-18(13-22)14-23-10-4-11-23/h1-3,5-8,13,21,25H,4,9-12,14-17H2/t21-/m1/s1. The summed E-state index contributed by atoms with van der Waals surface area (Å²) < 4.78 is 5.86. The molecule has 26 heavy (non-hydrogen) atoms. The van der Waals surface area contributed by atoms with Crippen LogP contribution in [-0.2, 0) is 19.5 Å². The smallest absolute Gasteiger partial charge is 0.119 e. The molecular formula is C22H28N2O2. The van der Waals surface area contributed by atoms with Gasteiger partial charge in [0.15, 0.2) is 0 Å². The summed E-state index contributed by atoms with van der Waals surface area (Å²) in [6.07, 6.45) is 1.89. The number of likely N-dealkylation sites (tertiary alicyclic amines) is 1. The van der Waals surface area contributed by atoms with Crippen LogP contribution in [0.15, 0.2) is 48.5 Å². The van der Waals surface area contributed by atoms with Gasteiger partial charge >= 0.3 is 0 Å². The van der Waals surface area contributed by atoms with Crippen molar-refractivity contribution >= 4 is 0 Å². The fourth-order valence-electron chi connectivity index (χ4n) is 3.78. The Morgan fingerprint density at radius 3 is 2.62 bits per heavy atom. The van der Waals surface area contributed by atoms with E-state index in [1.165, 1.54) is 36.2 Å². The number of hydrogen-bond acceptors (Lipinski definition) is 4. The van der Waals surface area contributed by atoms with Gasteiger partial charge in [-0.25, -0.2) is 0 Å². The fraction of sp³-hybridized carbons (Fsp3) is 0.455. The van der Waals surface area contributed by atoms with Crippen LogP contribution in [0.1, 0.15) is 23.1 Å². The van der Waals surface area contributed by atoms with Crippen LogP contribution in [-0.4, -0.2) is 53.8 Å². The molecule has 1 atom stereocenters. The Balaban J connectivity index is 1.25. The van der Waals surface area contributed by atoms with E-state index in [1.807, 2.05) is 12.1 Å². The molecule has 0 amide bonds. The lowest BCUT2D eigenvalue weighted by Crippen LogP contribution is -2.38. The van der Waals surface area contributed by atoms with Gasteiger partial charge in [0, 0.05) is 26.2 Å². The molecule has 1 N–H and O–H groups in total. The van der Waals surface area contributed by atoms with E-state index in [0.29, 0.717) is 13.2 Å². The Kier molecular flexibility index (Phi) is 5.54. The molecule has 1 fully saturated rings. The molecule has 4 rings (SSSR count). The van der Waals surface area contributed by atoms with Gasteiger partial charge in [0.05, 0.1) is 0 Å². The number of benzene rings is 2. The lowest BCUT2D eigenvalue weighted by atomic mass is 10.00. The van der Waals surface area contributed by atoms with Gasteiger partial charge in [-0.3, -0.25) is 9.80 Å². The molecule has 2 aromatic carbocycles. The topological polar surface area (TPSA) is 35.9 Å². The van der Waals surface area contributed by atoms with Crippen LogP contribution in [0.4, 0.5) is 0 Å². The number of β-amino-alcohol motifs (C(OH)–C–C–N with tert-alkyl or cyclic N) is 1. The molecule has 2 heterocycles. The lowest BCUT2D eigenvalue weighted by molar-refractivity contribution is 0.0637. The van der Waals surface area contributed by atoms with Crippen molar-refractivity contribution in [1.82, 2.24) is 9.80 Å². The SMILES string of the molecule is O[C@@H](COc1cccc(CN2CCC2)c1)CN1CCc2ccccc2C1. The zero-order valence-corrected chi connectivity index (χ0v) is 15.3. The summed E-state index contributed by atoms with van der Waals surface area (Å²) >= 11 is 0. The molecule has 2 aliphatic heterocycles. The summed E-state index contributed by atoms with van der Waals surface area (Å²) in [4.78, 5) is 4.75. The van der Waals surface area contributed by atoms with E-state index in [9.17, 15) is 5.11 Å². The van der Waals surface area contributed by atoms with Gasteiger partial charge in [0.2, 0.25) is 0 Å². The maximum Gasteiger partial charge on any atom is 0.119 e. The molecular weight excluding hydrogens is 324 g/mol. The molecule has 2 aliphatic rings. The molecule has 0 aromatic heterocycles. The molecule has 138 valence electrons. The van der Waals surface area contributed by atoms with Crippen molar-refractivity contribution in [2.75, 3.05) is 32.8 Å². The van der Waals surface area contributed by atoms with Crippen LogP contribution < -0.4 is 4.74 Å². The number of hydrogen-bond donors (Lipinski definition) is 1. The first-order valence-electron chi connectivity index (χ1n) is 9.67. The van der Waals surface area contributed by atoms with E-state index < -0.39 is 6.10 Å². The number of aliphatic hydroxyl groups excluding tert-OH is 1. The number of rotatable bonds is 7. The van der Waals surface area contributed by atoms with Crippen molar-refractivity contribution in [2.45, 2.75) is 32.0 Å². The van der Waals surface area contributed by atoms with Gasteiger partial charge in [-0.15, -0.1) is 0 Å². The van der Waals surface area contributed by atoms with Gasteiger partial charge < -0.3 is 9.84 Å². The largest absolute Gasteiger partial charge is 0.491 e. The zero-order valence-electron chi connectivity index (χ0n) is 15.3. The summed E-state index contributed by atoms with van der Waals surface area (Å²) in [6, 6.07) is 16.9. The van der Waals surface area contributed by atoms with E-state index in [0.717, 1.165) is 31.8 Å². The summed E-state index contributed by atoms with van der Waals surface area (Å²) in [7, 11) is 0. The third kappa shape index (κ3) is 4.44. The Morgan fingerprint density at radius 2 is 1.81 bits per heavy atom. The number of aliphatic hydroxyl groups is 1. The van der Waals surface area contributed by atoms with Crippen molar-refractivity contribution < 1.29 is 9.84 Å². The second-order valence-corrected chi connectivity index (χ2v) is 7.50. The van der Waals surface area contributed by atoms with Crippen LogP contribution in [0.3, 0.4) is 0 Å². The quantitative estimate of drug-likeness (QED) is 0.831. The first-order valence-corrected chi connectivity index (χ1v) is 9.67. The Morgan fingerprint density at radius 1 is 0.962 bits per heavy atom. The van der Waals surface area contributed by atoms with Crippen molar-refractivity contribution in [3.05, 3.63) is 65.2 Å². The van der Waals surface area contributed by atoms with Crippen LogP contribution in [0, 0.1) is 0 Å². The highest BCUT2D eigenvalue weighted by molar-refractivity contribution is 5.29. The first-order chi connectivity index (χ1) is 12.8. The van der Waals surface area contributed by atoms with E-state index in [-0.39, 0.29) is 0 Å². The lowest BCUT2D eigenvalue weighted by Gasteiger charge is -2.31. The van der Waals surface area contributed by atoms with Gasteiger partial charge in [0.1, 0.15) is 18.5 Å². The summed E-state index contributed by atoms with van der Waals surface area (Å²) in [5.74, 6) is 0.853. The molecule has 0 saturated carbocycles. The minimum Gasteiger partial charge on any atom is -0.491 e. The van der Waals surface area contributed by atoms with Crippen molar-refractivity contribution in [1.29, 1.82) is 0 Å². The Hall–Kier alpha value is -1.88. The molecule has 0 unspecified atom stereocenters. The Bertz CT molecular complexity index is 730. The molecule has 0 radical (unpaired) electrons. The van der Waals surface area contributed by atoms with Crippen LogP contribution in [0.25, 0.3) is 0 Å². The minimum atomic E-state index is -0.473. The average molecular weight is 352 g/mol. The summed E-state index contributed by atoms with van der Waals surface area (Å²) in [6.45, 7) is 6.30. The number of nitrogens with zero attached hydrogens (tertiary/aromatic N) is 2. The fourth-order valence-corrected chi connectivity index (χ4v) is 3.78. The van der Waals surface area contributed by atoms with Crippen LogP contribution in [0.5, 0.6) is 5.75 Å². The predicted octanol–water partition coefficient (Wildman–Crippen LogP) is 2.69. The molecule has 0 aliphatic carbocycles. The van der Waals surface area contributed by atoms with Gasteiger partial charge in [-0.2, -0.15) is 0 Å². The minimum absolute atomic E-state index is 0.339. The van der Waals surface area contributed by atoms with Crippen molar-refractivity contribution in [3.8, 4) is 5.75 Å². The van der Waals surface area contributed by atoms with Gasteiger partial charge in [0.25, 0.3) is 0 Å². The van der Waals surface area contributed by atoms with Crippen LogP contribution in [0.2, 0.25) is 0 Å². The molecule has 4 heteroatoms. The van der Waals surface area contributed by atoms with E-state index >= 15 is 0 Å². The second kappa shape index (κ2) is 8.21. The van der Waals surface area contributed by atoms with Crippen LogP contribution >= 0.6 is 0 Å². The van der Waals surface area contributed by atoms with Crippen molar-refractivity contribution in [3.63, 3.8) is 0 Å².